The predicted molar refractivity (Wildman–Crippen MR) is 106 cm³/mol. The Morgan fingerprint density at radius 2 is 1.71 bits per heavy atom. The molecule has 28 heavy (non-hydrogen) atoms. The molecule has 1 aliphatic heterocycles. The highest BCUT2D eigenvalue weighted by Gasteiger charge is 2.35. The predicted octanol–water partition coefficient (Wildman–Crippen LogP) is 2.83. The van der Waals surface area contributed by atoms with Gasteiger partial charge in [0.1, 0.15) is 5.82 Å². The number of hydrogen-bond acceptors (Lipinski definition) is 3. The number of carbonyl (C=O) groups is 1. The van der Waals surface area contributed by atoms with Gasteiger partial charge in [-0.1, -0.05) is 24.3 Å². The Balaban J connectivity index is 1.69. The van der Waals surface area contributed by atoms with Crippen LogP contribution in [0, 0.1) is 19.7 Å². The van der Waals surface area contributed by atoms with Crippen LogP contribution in [0.5, 0.6) is 0 Å². The molecule has 1 aliphatic rings. The van der Waals surface area contributed by atoms with E-state index in [0.717, 1.165) is 15.4 Å². The highest BCUT2D eigenvalue weighted by Crippen LogP contribution is 2.21. The standard InChI is InChI=1S/C20H24FN3O3S/c1-15-10-16(2)12-18(11-15)22-20(25)14-24-9-5-8-23(28(24,26)27)13-17-6-3-4-7-19(17)21/h3-4,6-7,10-12H,5,8-9,13-14H2,1-2H3,(H,22,25). The third-order valence-electron chi connectivity index (χ3n) is 4.60. The maximum Gasteiger partial charge on any atom is 0.282 e. The van der Waals surface area contributed by atoms with Crippen LogP contribution in [0.4, 0.5) is 10.1 Å². The summed E-state index contributed by atoms with van der Waals surface area (Å²) in [6.07, 6.45) is 0.574. The number of anilines is 1. The highest BCUT2D eigenvalue weighted by molar-refractivity contribution is 7.86. The van der Waals surface area contributed by atoms with Crippen LogP contribution in [0.25, 0.3) is 0 Å². The van der Waals surface area contributed by atoms with Crippen molar-refractivity contribution in [1.82, 2.24) is 8.61 Å². The third kappa shape index (κ3) is 4.76. The zero-order valence-corrected chi connectivity index (χ0v) is 16.8. The normalized spacial score (nSPS) is 17.4. The van der Waals surface area contributed by atoms with E-state index in [9.17, 15) is 17.6 Å². The van der Waals surface area contributed by atoms with E-state index in [0.29, 0.717) is 24.2 Å². The second-order valence-electron chi connectivity index (χ2n) is 7.04. The van der Waals surface area contributed by atoms with Crippen molar-refractivity contribution in [3.63, 3.8) is 0 Å². The Kier molecular flexibility index (Phi) is 6.12. The summed E-state index contributed by atoms with van der Waals surface area (Å²) in [7, 11) is -3.84. The van der Waals surface area contributed by atoms with Crippen LogP contribution in [0.2, 0.25) is 0 Å². The molecule has 1 N–H and O–H groups in total. The van der Waals surface area contributed by atoms with Crippen LogP contribution in [-0.2, 0) is 21.5 Å². The van der Waals surface area contributed by atoms with Crippen LogP contribution in [0.15, 0.2) is 42.5 Å². The molecule has 0 radical (unpaired) electrons. The summed E-state index contributed by atoms with van der Waals surface area (Å²) in [4.78, 5) is 12.4. The van der Waals surface area contributed by atoms with Crippen molar-refractivity contribution < 1.29 is 17.6 Å². The summed E-state index contributed by atoms with van der Waals surface area (Å²) in [5, 5.41) is 2.76. The molecule has 0 unspecified atom stereocenters. The molecule has 2 aromatic rings. The fraction of sp³-hybridized carbons (Fsp3) is 0.350. The minimum Gasteiger partial charge on any atom is -0.325 e. The number of nitrogens with zero attached hydrogens (tertiary/aromatic N) is 2. The fourth-order valence-electron chi connectivity index (χ4n) is 3.36. The van der Waals surface area contributed by atoms with Crippen LogP contribution >= 0.6 is 0 Å². The van der Waals surface area contributed by atoms with Gasteiger partial charge in [0.25, 0.3) is 10.2 Å². The van der Waals surface area contributed by atoms with Gasteiger partial charge in [0.2, 0.25) is 5.91 Å². The van der Waals surface area contributed by atoms with E-state index in [1.54, 1.807) is 18.2 Å². The molecule has 8 heteroatoms. The van der Waals surface area contributed by atoms with Crippen LogP contribution < -0.4 is 5.32 Å². The Morgan fingerprint density at radius 1 is 1.07 bits per heavy atom. The molecule has 3 rings (SSSR count). The van der Waals surface area contributed by atoms with E-state index in [4.69, 9.17) is 0 Å². The summed E-state index contributed by atoms with van der Waals surface area (Å²) in [6, 6.07) is 11.8. The van der Waals surface area contributed by atoms with Gasteiger partial charge in [-0.3, -0.25) is 4.79 Å². The Labute approximate surface area is 165 Å². The molecule has 0 spiro atoms. The SMILES string of the molecule is Cc1cc(C)cc(NC(=O)CN2CCCN(Cc3ccccc3F)S2(=O)=O)c1. The molecule has 6 nitrogen and oxygen atoms in total. The van der Waals surface area contributed by atoms with Gasteiger partial charge < -0.3 is 5.32 Å². The van der Waals surface area contributed by atoms with Crippen molar-refractivity contribution in [3.8, 4) is 0 Å². The zero-order valence-electron chi connectivity index (χ0n) is 16.0. The molecule has 1 amide bonds. The minimum absolute atomic E-state index is 0.0514. The average Bonchev–Trinajstić information content (AvgIpc) is 2.59. The van der Waals surface area contributed by atoms with Crippen molar-refractivity contribution in [3.05, 3.63) is 65.0 Å². The molecule has 1 saturated heterocycles. The van der Waals surface area contributed by atoms with Crippen LogP contribution in [0.3, 0.4) is 0 Å². The smallest absolute Gasteiger partial charge is 0.282 e. The molecule has 0 bridgehead atoms. The Morgan fingerprint density at radius 3 is 2.39 bits per heavy atom. The summed E-state index contributed by atoms with van der Waals surface area (Å²) < 4.78 is 42.0. The van der Waals surface area contributed by atoms with Gasteiger partial charge in [-0.25, -0.2) is 4.39 Å². The lowest BCUT2D eigenvalue weighted by atomic mass is 10.1. The summed E-state index contributed by atoms with van der Waals surface area (Å²) in [6.45, 7) is 4.09. The number of carbonyl (C=O) groups excluding carboxylic acids is 1. The monoisotopic (exact) mass is 405 g/mol. The lowest BCUT2D eigenvalue weighted by Crippen LogP contribution is -2.51. The number of hydrogen-bond donors (Lipinski definition) is 1. The molecule has 2 aromatic carbocycles. The van der Waals surface area contributed by atoms with Crippen molar-refractivity contribution in [2.45, 2.75) is 26.8 Å². The van der Waals surface area contributed by atoms with Gasteiger partial charge in [-0.2, -0.15) is 17.0 Å². The van der Waals surface area contributed by atoms with Gasteiger partial charge in [0, 0.05) is 30.9 Å². The summed E-state index contributed by atoms with van der Waals surface area (Å²) >= 11 is 0. The average molecular weight is 405 g/mol. The number of aryl methyl sites for hydroxylation is 2. The van der Waals surface area contributed by atoms with Gasteiger partial charge in [0.05, 0.1) is 6.54 Å². The quantitative estimate of drug-likeness (QED) is 0.832. The maximum atomic E-state index is 13.9. The van der Waals surface area contributed by atoms with Crippen molar-refractivity contribution >= 4 is 21.8 Å². The van der Waals surface area contributed by atoms with Crippen LogP contribution in [0.1, 0.15) is 23.1 Å². The van der Waals surface area contributed by atoms with Crippen molar-refractivity contribution in [1.29, 1.82) is 0 Å². The molecule has 1 heterocycles. The Hall–Kier alpha value is -2.29. The maximum absolute atomic E-state index is 13.9. The number of halogens is 1. The number of amides is 1. The second-order valence-corrected chi connectivity index (χ2v) is 8.97. The van der Waals surface area contributed by atoms with E-state index >= 15 is 0 Å². The minimum atomic E-state index is -3.84. The first-order valence-electron chi connectivity index (χ1n) is 9.12. The van der Waals surface area contributed by atoms with E-state index < -0.39 is 21.9 Å². The first-order valence-corrected chi connectivity index (χ1v) is 10.5. The second kappa shape index (κ2) is 8.38. The number of benzene rings is 2. The third-order valence-corrected chi connectivity index (χ3v) is 6.53. The largest absolute Gasteiger partial charge is 0.325 e. The number of rotatable bonds is 5. The Bertz CT molecular complexity index is 958. The first-order chi connectivity index (χ1) is 13.3. The van der Waals surface area contributed by atoms with Gasteiger partial charge in [-0.15, -0.1) is 0 Å². The molecule has 0 aromatic heterocycles. The first kappa shape index (κ1) is 20.4. The van der Waals surface area contributed by atoms with E-state index in [2.05, 4.69) is 5.32 Å². The van der Waals surface area contributed by atoms with Gasteiger partial charge in [0.15, 0.2) is 0 Å². The van der Waals surface area contributed by atoms with E-state index in [-0.39, 0.29) is 19.6 Å². The van der Waals surface area contributed by atoms with Crippen molar-refractivity contribution in [2.75, 3.05) is 25.0 Å². The molecule has 0 atom stereocenters. The van der Waals surface area contributed by atoms with Crippen LogP contribution in [-0.4, -0.2) is 42.6 Å². The lowest BCUT2D eigenvalue weighted by Gasteiger charge is -2.34. The highest BCUT2D eigenvalue weighted by atomic mass is 32.2. The molecular formula is C20H24FN3O3S. The number of nitrogens with one attached hydrogen (secondary N) is 1. The molecule has 0 aliphatic carbocycles. The van der Waals surface area contributed by atoms with Gasteiger partial charge >= 0.3 is 0 Å². The zero-order chi connectivity index (χ0) is 20.3. The molecule has 0 saturated carbocycles. The summed E-state index contributed by atoms with van der Waals surface area (Å²) in [5.41, 5.74) is 2.97. The molecule has 1 fully saturated rings. The van der Waals surface area contributed by atoms with Crippen molar-refractivity contribution in [2.24, 2.45) is 0 Å². The van der Waals surface area contributed by atoms with E-state index in [1.807, 2.05) is 32.0 Å². The molecular weight excluding hydrogens is 381 g/mol. The van der Waals surface area contributed by atoms with Gasteiger partial charge in [-0.05, 0) is 49.6 Å². The lowest BCUT2D eigenvalue weighted by molar-refractivity contribution is -0.116. The topological polar surface area (TPSA) is 69.7 Å². The molecule has 150 valence electrons. The fourth-order valence-corrected chi connectivity index (χ4v) is 4.99. The summed E-state index contributed by atoms with van der Waals surface area (Å²) in [5.74, 6) is -0.844. The van der Waals surface area contributed by atoms with E-state index in [1.165, 1.54) is 10.4 Å².